The van der Waals surface area contributed by atoms with E-state index < -0.39 is 6.09 Å². The summed E-state index contributed by atoms with van der Waals surface area (Å²) < 4.78 is 7.59. The van der Waals surface area contributed by atoms with E-state index in [2.05, 4.69) is 21.5 Å². The number of carbonyl (C=O) groups is 1. The Bertz CT molecular complexity index is 854. The van der Waals surface area contributed by atoms with Crippen LogP contribution in [0.3, 0.4) is 0 Å². The van der Waals surface area contributed by atoms with Crippen LogP contribution >= 0.6 is 0 Å². The third kappa shape index (κ3) is 2.33. The van der Waals surface area contributed by atoms with Gasteiger partial charge in [-0.25, -0.2) is 4.79 Å². The van der Waals surface area contributed by atoms with E-state index in [1.165, 1.54) is 0 Å². The van der Waals surface area contributed by atoms with Gasteiger partial charge in [-0.3, -0.25) is 4.68 Å². The lowest BCUT2D eigenvalue weighted by Crippen LogP contribution is -2.58. The number of hydrogen-bond donors (Lipinski definition) is 2. The van der Waals surface area contributed by atoms with E-state index in [9.17, 15) is 10.1 Å². The topological polar surface area (TPSA) is 113 Å². The minimum Gasteiger partial charge on any atom is -0.473 e. The molecule has 2 fully saturated rings. The van der Waals surface area contributed by atoms with Crippen molar-refractivity contribution in [2.24, 2.45) is 12.5 Å². The Hall–Kier alpha value is -2.82. The lowest BCUT2D eigenvalue weighted by atomic mass is 9.53. The highest BCUT2D eigenvalue weighted by atomic mass is 16.5. The van der Waals surface area contributed by atoms with E-state index in [-0.39, 0.29) is 17.6 Å². The molecule has 1 spiro atoms. The van der Waals surface area contributed by atoms with Crippen LogP contribution in [-0.4, -0.2) is 38.1 Å². The second-order valence-electron chi connectivity index (χ2n) is 6.84. The molecule has 2 aliphatic carbocycles. The Morgan fingerprint density at radius 1 is 1.50 bits per heavy atom. The van der Waals surface area contributed by atoms with Gasteiger partial charge >= 0.3 is 6.09 Å². The zero-order valence-electron chi connectivity index (χ0n) is 13.2. The average molecular weight is 327 g/mol. The zero-order chi connectivity index (χ0) is 16.9. The molecule has 8 heteroatoms. The Labute approximate surface area is 138 Å². The van der Waals surface area contributed by atoms with Crippen LogP contribution < -0.4 is 10.1 Å². The third-order valence-electron chi connectivity index (χ3n) is 5.08. The van der Waals surface area contributed by atoms with Crippen molar-refractivity contribution < 1.29 is 14.6 Å². The van der Waals surface area contributed by atoms with Gasteiger partial charge in [0.25, 0.3) is 0 Å². The predicted octanol–water partition coefficient (Wildman–Crippen LogP) is 1.80. The van der Waals surface area contributed by atoms with Crippen molar-refractivity contribution in [1.82, 2.24) is 20.1 Å². The Morgan fingerprint density at radius 2 is 2.25 bits per heavy atom. The van der Waals surface area contributed by atoms with Crippen molar-refractivity contribution in [3.05, 3.63) is 17.8 Å². The molecule has 0 saturated heterocycles. The SMILES string of the molecule is Cn1ncc2cc(C#N)c(OC3CC4(CC(NC(=O)O)C4)C3)nc21. The molecule has 2 aromatic heterocycles. The summed E-state index contributed by atoms with van der Waals surface area (Å²) in [5.74, 6) is 0.355. The maximum absolute atomic E-state index is 10.6. The fourth-order valence-corrected chi connectivity index (χ4v) is 3.97. The fraction of sp³-hybridized carbons (Fsp3) is 0.500. The molecule has 8 nitrogen and oxygen atoms in total. The molecule has 2 aliphatic rings. The minimum absolute atomic E-state index is 0.0288. The number of carboxylic acid groups (broad SMARTS) is 1. The summed E-state index contributed by atoms with van der Waals surface area (Å²) in [5.41, 5.74) is 1.30. The van der Waals surface area contributed by atoms with E-state index in [1.807, 2.05) is 0 Å². The number of pyridine rings is 1. The Morgan fingerprint density at radius 3 is 2.92 bits per heavy atom. The summed E-state index contributed by atoms with van der Waals surface area (Å²) in [6.45, 7) is 0. The normalized spacial score (nSPS) is 28.0. The first kappa shape index (κ1) is 14.8. The number of nitriles is 1. The van der Waals surface area contributed by atoms with Gasteiger partial charge in [-0.1, -0.05) is 0 Å². The first-order chi connectivity index (χ1) is 11.5. The van der Waals surface area contributed by atoms with Crippen molar-refractivity contribution in [2.45, 2.75) is 37.8 Å². The summed E-state index contributed by atoms with van der Waals surface area (Å²) in [7, 11) is 1.80. The van der Waals surface area contributed by atoms with Crippen molar-refractivity contribution in [3.63, 3.8) is 0 Å². The van der Waals surface area contributed by atoms with E-state index in [0.717, 1.165) is 31.1 Å². The highest BCUT2D eigenvalue weighted by Crippen LogP contribution is 2.56. The second kappa shape index (κ2) is 5.09. The van der Waals surface area contributed by atoms with Gasteiger partial charge in [0.15, 0.2) is 5.65 Å². The Kier molecular flexibility index (Phi) is 3.13. The summed E-state index contributed by atoms with van der Waals surface area (Å²) in [4.78, 5) is 15.1. The van der Waals surface area contributed by atoms with Gasteiger partial charge in [0.05, 0.1) is 6.20 Å². The van der Waals surface area contributed by atoms with Crippen LogP contribution in [0, 0.1) is 16.7 Å². The summed E-state index contributed by atoms with van der Waals surface area (Å²) >= 11 is 0. The van der Waals surface area contributed by atoms with Crippen LogP contribution in [-0.2, 0) is 7.05 Å². The van der Waals surface area contributed by atoms with E-state index in [1.54, 1.807) is 24.0 Å². The molecule has 124 valence electrons. The number of hydrogen-bond acceptors (Lipinski definition) is 5. The quantitative estimate of drug-likeness (QED) is 0.888. The number of fused-ring (bicyclic) bond motifs is 1. The molecule has 2 heterocycles. The standard InChI is InChI=1S/C16H17N5O3/c1-21-13-10(8-18-21)2-9(7-17)14(20-13)24-12-5-16(6-12)3-11(4-16)19-15(22)23/h2,8,11-12,19H,3-6H2,1H3,(H,22,23). The van der Waals surface area contributed by atoms with Crippen molar-refractivity contribution in [1.29, 1.82) is 5.26 Å². The maximum atomic E-state index is 10.6. The number of ether oxygens (including phenoxy) is 1. The van der Waals surface area contributed by atoms with Gasteiger partial charge in [-0.15, -0.1) is 0 Å². The number of aryl methyl sites for hydroxylation is 1. The molecule has 0 radical (unpaired) electrons. The largest absolute Gasteiger partial charge is 0.473 e. The molecule has 0 bridgehead atoms. The first-order valence-electron chi connectivity index (χ1n) is 7.87. The zero-order valence-corrected chi connectivity index (χ0v) is 13.2. The third-order valence-corrected chi connectivity index (χ3v) is 5.08. The van der Waals surface area contributed by atoms with Crippen molar-refractivity contribution in [3.8, 4) is 11.9 Å². The lowest BCUT2D eigenvalue weighted by Gasteiger charge is -2.56. The molecule has 0 aliphatic heterocycles. The molecule has 2 N–H and O–H groups in total. The van der Waals surface area contributed by atoms with Gasteiger partial charge in [-0.2, -0.15) is 15.3 Å². The highest BCUT2D eigenvalue weighted by Gasteiger charge is 2.54. The molecule has 4 rings (SSSR count). The molecule has 0 unspecified atom stereocenters. The molecule has 24 heavy (non-hydrogen) atoms. The summed E-state index contributed by atoms with van der Waals surface area (Å²) in [6, 6.07) is 3.93. The molecule has 1 amide bonds. The van der Waals surface area contributed by atoms with Crippen LogP contribution in [0.5, 0.6) is 5.88 Å². The average Bonchev–Trinajstić information content (AvgIpc) is 2.82. The molecule has 2 aromatic rings. The molecular formula is C16H17N5O3. The molecule has 0 atom stereocenters. The van der Waals surface area contributed by atoms with Crippen molar-refractivity contribution in [2.75, 3.05) is 0 Å². The molecule has 2 saturated carbocycles. The summed E-state index contributed by atoms with van der Waals surface area (Å²) in [5, 5.41) is 25.5. The number of nitrogens with zero attached hydrogens (tertiary/aromatic N) is 4. The van der Waals surface area contributed by atoms with E-state index in [0.29, 0.717) is 17.1 Å². The van der Waals surface area contributed by atoms with Crippen LogP contribution in [0.2, 0.25) is 0 Å². The van der Waals surface area contributed by atoms with Gasteiger partial charge in [0.2, 0.25) is 5.88 Å². The maximum Gasteiger partial charge on any atom is 0.404 e. The van der Waals surface area contributed by atoms with Crippen molar-refractivity contribution >= 4 is 17.1 Å². The smallest absolute Gasteiger partial charge is 0.404 e. The van der Waals surface area contributed by atoms with Crippen LogP contribution in [0.4, 0.5) is 4.79 Å². The van der Waals surface area contributed by atoms with E-state index >= 15 is 0 Å². The minimum atomic E-state index is -0.964. The first-order valence-corrected chi connectivity index (χ1v) is 7.87. The number of rotatable bonds is 3. The van der Waals surface area contributed by atoms with Gasteiger partial charge in [-0.05, 0) is 37.2 Å². The fourth-order valence-electron chi connectivity index (χ4n) is 3.97. The number of aromatic nitrogens is 3. The predicted molar refractivity (Wildman–Crippen MR) is 83.5 cm³/mol. The van der Waals surface area contributed by atoms with Gasteiger partial charge in [0.1, 0.15) is 17.7 Å². The monoisotopic (exact) mass is 327 g/mol. The van der Waals surface area contributed by atoms with Crippen LogP contribution in [0.25, 0.3) is 11.0 Å². The number of nitrogens with one attached hydrogen (secondary N) is 1. The van der Waals surface area contributed by atoms with Gasteiger partial charge < -0.3 is 15.2 Å². The highest BCUT2D eigenvalue weighted by molar-refractivity contribution is 5.77. The Balaban J connectivity index is 1.43. The van der Waals surface area contributed by atoms with Crippen LogP contribution in [0.15, 0.2) is 12.3 Å². The molecule has 0 aromatic carbocycles. The van der Waals surface area contributed by atoms with E-state index in [4.69, 9.17) is 9.84 Å². The van der Waals surface area contributed by atoms with Gasteiger partial charge in [0, 0.05) is 18.5 Å². The van der Waals surface area contributed by atoms with Crippen LogP contribution in [0.1, 0.15) is 31.2 Å². The second-order valence-corrected chi connectivity index (χ2v) is 6.84. The summed E-state index contributed by atoms with van der Waals surface area (Å²) in [6.07, 6.45) is 4.21. The molecular weight excluding hydrogens is 310 g/mol. The lowest BCUT2D eigenvalue weighted by molar-refractivity contribution is -0.0850. The number of amides is 1.